The highest BCUT2D eigenvalue weighted by Gasteiger charge is 2.25. The second-order valence-corrected chi connectivity index (χ2v) is 9.78. The van der Waals surface area contributed by atoms with Crippen molar-refractivity contribution in [2.75, 3.05) is 36.0 Å². The van der Waals surface area contributed by atoms with Crippen molar-refractivity contribution in [3.05, 3.63) is 101 Å². The van der Waals surface area contributed by atoms with Gasteiger partial charge in [0.1, 0.15) is 12.1 Å². The number of halogens is 1. The van der Waals surface area contributed by atoms with Crippen LogP contribution in [0.2, 0.25) is 5.02 Å². The summed E-state index contributed by atoms with van der Waals surface area (Å²) in [7, 11) is 0. The van der Waals surface area contributed by atoms with Gasteiger partial charge in [-0.25, -0.2) is 9.97 Å². The molecule has 5 aromatic rings. The molecule has 0 bridgehead atoms. The Labute approximate surface area is 216 Å². The topological polar surface area (TPSA) is 37.2 Å². The Balaban J connectivity index is 1.41. The van der Waals surface area contributed by atoms with Crippen LogP contribution in [0.4, 0.5) is 11.5 Å². The fourth-order valence-electron chi connectivity index (χ4n) is 5.16. The lowest BCUT2D eigenvalue weighted by Gasteiger charge is -2.37. The Morgan fingerprint density at radius 3 is 2.22 bits per heavy atom. The molecular weight excluding hydrogens is 466 g/mol. The summed E-state index contributed by atoms with van der Waals surface area (Å²) in [5, 5.41) is 1.80. The average Bonchev–Trinajstić information content (AvgIpc) is 3.31. The number of hydrogen-bond acceptors (Lipinski definition) is 4. The van der Waals surface area contributed by atoms with Crippen LogP contribution in [0.25, 0.3) is 27.8 Å². The molecule has 180 valence electrons. The fourth-order valence-corrected chi connectivity index (χ4v) is 5.28. The molecule has 6 rings (SSSR count). The second kappa shape index (κ2) is 9.32. The zero-order valence-corrected chi connectivity index (χ0v) is 21.3. The molecule has 0 N–H and O–H groups in total. The van der Waals surface area contributed by atoms with E-state index in [4.69, 9.17) is 21.6 Å². The van der Waals surface area contributed by atoms with Gasteiger partial charge < -0.3 is 14.4 Å². The van der Waals surface area contributed by atoms with Gasteiger partial charge in [-0.3, -0.25) is 0 Å². The number of aryl methyl sites for hydroxylation is 1. The summed E-state index contributed by atoms with van der Waals surface area (Å²) in [6.07, 6.45) is 3.86. The molecule has 1 fully saturated rings. The molecule has 0 unspecified atom stereocenters. The summed E-state index contributed by atoms with van der Waals surface area (Å²) in [6, 6.07) is 25.0. The third-order valence-corrected chi connectivity index (χ3v) is 7.50. The van der Waals surface area contributed by atoms with E-state index in [1.807, 2.05) is 30.3 Å². The van der Waals surface area contributed by atoms with Gasteiger partial charge in [-0.15, -0.1) is 0 Å². The van der Waals surface area contributed by atoms with Crippen molar-refractivity contribution in [3.63, 3.8) is 0 Å². The molecule has 6 heteroatoms. The maximum absolute atomic E-state index is 6.17. The molecule has 0 spiro atoms. The first kappa shape index (κ1) is 22.6. The van der Waals surface area contributed by atoms with E-state index in [0.29, 0.717) is 0 Å². The SMILES string of the molecule is Cc1cccc(N2CCN(c3ncnc4c3c(-c3ccccc3)cn4-c3ccc(Cl)cc3)CC2)c1C. The summed E-state index contributed by atoms with van der Waals surface area (Å²) < 4.78 is 2.14. The van der Waals surface area contributed by atoms with Crippen LogP contribution in [-0.2, 0) is 0 Å². The van der Waals surface area contributed by atoms with Crippen LogP contribution in [0.3, 0.4) is 0 Å². The number of anilines is 2. The second-order valence-electron chi connectivity index (χ2n) is 9.34. The van der Waals surface area contributed by atoms with Crippen LogP contribution in [0, 0.1) is 13.8 Å². The van der Waals surface area contributed by atoms with E-state index in [0.717, 1.165) is 64.9 Å². The quantitative estimate of drug-likeness (QED) is 0.279. The van der Waals surface area contributed by atoms with E-state index < -0.39 is 0 Å². The molecule has 1 aliphatic rings. The molecule has 0 amide bonds. The van der Waals surface area contributed by atoms with Crippen molar-refractivity contribution in [1.29, 1.82) is 0 Å². The van der Waals surface area contributed by atoms with Crippen molar-refractivity contribution in [3.8, 4) is 16.8 Å². The maximum Gasteiger partial charge on any atom is 0.150 e. The molecule has 0 atom stereocenters. The van der Waals surface area contributed by atoms with E-state index in [2.05, 4.69) is 76.9 Å². The summed E-state index contributed by atoms with van der Waals surface area (Å²) in [4.78, 5) is 14.5. The summed E-state index contributed by atoms with van der Waals surface area (Å²) in [5.74, 6) is 0.993. The Hall–Kier alpha value is -3.83. The first-order valence-electron chi connectivity index (χ1n) is 12.3. The average molecular weight is 494 g/mol. The molecular formula is C30H28ClN5. The fraction of sp³-hybridized carbons (Fsp3) is 0.200. The van der Waals surface area contributed by atoms with Crippen molar-refractivity contribution >= 4 is 34.1 Å². The Bertz CT molecular complexity index is 1520. The molecule has 0 radical (unpaired) electrons. The van der Waals surface area contributed by atoms with Gasteiger partial charge in [-0.05, 0) is 60.9 Å². The predicted octanol–water partition coefficient (Wildman–Crippen LogP) is 6.68. The lowest BCUT2D eigenvalue weighted by atomic mass is 10.1. The first-order chi connectivity index (χ1) is 17.6. The highest BCUT2D eigenvalue weighted by molar-refractivity contribution is 6.30. The minimum absolute atomic E-state index is 0.718. The number of hydrogen-bond donors (Lipinski definition) is 0. The third-order valence-electron chi connectivity index (χ3n) is 7.25. The summed E-state index contributed by atoms with van der Waals surface area (Å²) >= 11 is 6.17. The van der Waals surface area contributed by atoms with Crippen LogP contribution < -0.4 is 9.80 Å². The van der Waals surface area contributed by atoms with Gasteiger partial charge in [-0.1, -0.05) is 54.1 Å². The van der Waals surface area contributed by atoms with Crippen molar-refractivity contribution in [1.82, 2.24) is 14.5 Å². The van der Waals surface area contributed by atoms with Gasteiger partial charge >= 0.3 is 0 Å². The van der Waals surface area contributed by atoms with Crippen LogP contribution in [-0.4, -0.2) is 40.7 Å². The molecule has 1 saturated heterocycles. The van der Waals surface area contributed by atoms with Crippen LogP contribution in [0.15, 0.2) is 85.3 Å². The highest BCUT2D eigenvalue weighted by Crippen LogP contribution is 2.37. The zero-order valence-electron chi connectivity index (χ0n) is 20.5. The number of rotatable bonds is 4. The largest absolute Gasteiger partial charge is 0.368 e. The molecule has 2 aromatic heterocycles. The number of aromatic nitrogens is 3. The van der Waals surface area contributed by atoms with Gasteiger partial charge in [0.05, 0.1) is 5.39 Å². The normalized spacial score (nSPS) is 14.0. The Morgan fingerprint density at radius 2 is 1.47 bits per heavy atom. The monoisotopic (exact) mass is 493 g/mol. The minimum Gasteiger partial charge on any atom is -0.368 e. The predicted molar refractivity (Wildman–Crippen MR) is 150 cm³/mol. The first-order valence-corrected chi connectivity index (χ1v) is 12.7. The van der Waals surface area contributed by atoms with Gasteiger partial charge in [0.2, 0.25) is 0 Å². The van der Waals surface area contributed by atoms with Crippen LogP contribution in [0.1, 0.15) is 11.1 Å². The third kappa shape index (κ3) is 3.99. The van der Waals surface area contributed by atoms with Gasteiger partial charge in [-0.2, -0.15) is 0 Å². The van der Waals surface area contributed by atoms with Gasteiger partial charge in [0.25, 0.3) is 0 Å². The summed E-state index contributed by atoms with van der Waals surface area (Å²) in [5.41, 5.74) is 8.24. The van der Waals surface area contributed by atoms with Crippen LogP contribution >= 0.6 is 11.6 Å². The van der Waals surface area contributed by atoms with Crippen LogP contribution in [0.5, 0.6) is 0 Å². The number of fused-ring (bicyclic) bond motifs is 1. The highest BCUT2D eigenvalue weighted by atomic mass is 35.5. The number of benzene rings is 3. The summed E-state index contributed by atoms with van der Waals surface area (Å²) in [6.45, 7) is 8.11. The van der Waals surface area contributed by atoms with Crippen molar-refractivity contribution < 1.29 is 0 Å². The van der Waals surface area contributed by atoms with Crippen molar-refractivity contribution in [2.45, 2.75) is 13.8 Å². The maximum atomic E-state index is 6.17. The minimum atomic E-state index is 0.718. The number of nitrogens with zero attached hydrogens (tertiary/aromatic N) is 5. The van der Waals surface area contributed by atoms with E-state index >= 15 is 0 Å². The Morgan fingerprint density at radius 1 is 0.750 bits per heavy atom. The number of piperazine rings is 1. The molecule has 36 heavy (non-hydrogen) atoms. The zero-order chi connectivity index (χ0) is 24.6. The van der Waals surface area contributed by atoms with E-state index in [1.165, 1.54) is 16.8 Å². The molecule has 1 aliphatic heterocycles. The standard InChI is InChI=1S/C30H28ClN5/c1-21-7-6-10-27(22(21)2)34-15-17-35(18-16-34)29-28-26(23-8-4-3-5-9-23)19-36(30(28)33-20-32-29)25-13-11-24(31)12-14-25/h3-14,19-20H,15-18H2,1-2H3. The lowest BCUT2D eigenvalue weighted by Crippen LogP contribution is -2.47. The molecule has 0 saturated carbocycles. The molecule has 3 heterocycles. The van der Waals surface area contributed by atoms with E-state index in [-0.39, 0.29) is 0 Å². The van der Waals surface area contributed by atoms with Crippen molar-refractivity contribution in [2.24, 2.45) is 0 Å². The molecule has 0 aliphatic carbocycles. The lowest BCUT2D eigenvalue weighted by molar-refractivity contribution is 0.647. The molecule has 5 nitrogen and oxygen atoms in total. The van der Waals surface area contributed by atoms with Gasteiger partial charge in [0, 0.05) is 54.3 Å². The molecule has 3 aromatic carbocycles. The van der Waals surface area contributed by atoms with E-state index in [1.54, 1.807) is 6.33 Å². The smallest absolute Gasteiger partial charge is 0.150 e. The Kier molecular flexibility index (Phi) is 5.86. The van der Waals surface area contributed by atoms with E-state index in [9.17, 15) is 0 Å². The van der Waals surface area contributed by atoms with Gasteiger partial charge in [0.15, 0.2) is 5.65 Å².